The van der Waals surface area contributed by atoms with Gasteiger partial charge in [-0.15, -0.1) is 0 Å². The third-order valence-corrected chi connectivity index (χ3v) is 4.88. The van der Waals surface area contributed by atoms with E-state index >= 15 is 0 Å². The van der Waals surface area contributed by atoms with Gasteiger partial charge in [0.2, 0.25) is 0 Å². The van der Waals surface area contributed by atoms with Crippen molar-refractivity contribution in [1.82, 2.24) is 15.0 Å². The molecule has 1 unspecified atom stereocenters. The normalized spacial score (nSPS) is 16.7. The molecule has 5 nitrogen and oxygen atoms in total. The molecule has 1 aliphatic rings. The fourth-order valence-electron chi connectivity index (χ4n) is 3.46. The lowest BCUT2D eigenvalue weighted by molar-refractivity contribution is 0.414. The number of nitrogens with zero attached hydrogens (tertiary/aromatic N) is 4. The maximum Gasteiger partial charge on any atom is 0.161 e. The smallest absolute Gasteiger partial charge is 0.161 e. The largest absolute Gasteiger partial charge is 0.497 e. The van der Waals surface area contributed by atoms with E-state index in [1.807, 2.05) is 31.2 Å². The van der Waals surface area contributed by atoms with E-state index in [0.717, 1.165) is 48.2 Å². The summed E-state index contributed by atoms with van der Waals surface area (Å²) >= 11 is 0. The lowest BCUT2D eigenvalue weighted by atomic mass is 9.98. The summed E-state index contributed by atoms with van der Waals surface area (Å²) < 4.78 is 5.26. The molecule has 1 atom stereocenters. The van der Waals surface area contributed by atoms with Gasteiger partial charge in [-0.2, -0.15) is 0 Å². The molecule has 3 aromatic rings. The van der Waals surface area contributed by atoms with Gasteiger partial charge in [-0.1, -0.05) is 12.1 Å². The van der Waals surface area contributed by atoms with E-state index in [1.54, 1.807) is 19.5 Å². The van der Waals surface area contributed by atoms with E-state index < -0.39 is 0 Å². The standard InChI is InChI=1S/C21H22N4O/c1-15-13-20(24-21(23-15)17-7-10-22-11-8-17)25-12-9-18(14-25)16-3-5-19(26-2)6-4-16/h3-8,10-11,13,18H,9,12,14H2,1-2H3. The second kappa shape index (κ2) is 7.12. The molecule has 4 rings (SSSR count). The van der Waals surface area contributed by atoms with Gasteiger partial charge in [0.1, 0.15) is 11.6 Å². The molecule has 0 amide bonds. The highest BCUT2D eigenvalue weighted by atomic mass is 16.5. The van der Waals surface area contributed by atoms with E-state index in [1.165, 1.54) is 5.56 Å². The first kappa shape index (κ1) is 16.5. The number of hydrogen-bond acceptors (Lipinski definition) is 5. The fourth-order valence-corrected chi connectivity index (χ4v) is 3.46. The Morgan fingerprint density at radius 1 is 1.04 bits per heavy atom. The number of ether oxygens (including phenoxy) is 1. The average Bonchev–Trinajstić information content (AvgIpc) is 3.18. The number of pyridine rings is 1. The molecule has 26 heavy (non-hydrogen) atoms. The van der Waals surface area contributed by atoms with Crippen molar-refractivity contribution >= 4 is 5.82 Å². The Morgan fingerprint density at radius 3 is 2.54 bits per heavy atom. The number of aromatic nitrogens is 3. The van der Waals surface area contributed by atoms with Gasteiger partial charge in [0.15, 0.2) is 5.82 Å². The van der Waals surface area contributed by atoms with Crippen LogP contribution in [-0.4, -0.2) is 35.2 Å². The molecule has 1 aliphatic heterocycles. The maximum atomic E-state index is 5.26. The average molecular weight is 346 g/mol. The zero-order chi connectivity index (χ0) is 17.9. The Balaban J connectivity index is 1.56. The zero-order valence-electron chi connectivity index (χ0n) is 15.1. The zero-order valence-corrected chi connectivity index (χ0v) is 15.1. The quantitative estimate of drug-likeness (QED) is 0.718. The van der Waals surface area contributed by atoms with E-state index in [-0.39, 0.29) is 0 Å². The lowest BCUT2D eigenvalue weighted by Gasteiger charge is -2.19. The van der Waals surface area contributed by atoms with Gasteiger partial charge >= 0.3 is 0 Å². The van der Waals surface area contributed by atoms with Gasteiger partial charge in [-0.25, -0.2) is 9.97 Å². The molecule has 2 aromatic heterocycles. The van der Waals surface area contributed by atoms with Gasteiger partial charge in [-0.3, -0.25) is 4.98 Å². The Morgan fingerprint density at radius 2 is 1.81 bits per heavy atom. The maximum absolute atomic E-state index is 5.26. The van der Waals surface area contributed by atoms with Crippen LogP contribution in [0.4, 0.5) is 5.82 Å². The predicted molar refractivity (Wildman–Crippen MR) is 103 cm³/mol. The summed E-state index contributed by atoms with van der Waals surface area (Å²) in [5.41, 5.74) is 3.33. The third kappa shape index (κ3) is 3.38. The highest BCUT2D eigenvalue weighted by Crippen LogP contribution is 2.31. The minimum atomic E-state index is 0.514. The molecule has 0 aliphatic carbocycles. The van der Waals surface area contributed by atoms with Crippen LogP contribution in [0.15, 0.2) is 54.9 Å². The van der Waals surface area contributed by atoms with Crippen LogP contribution in [0, 0.1) is 6.92 Å². The lowest BCUT2D eigenvalue weighted by Crippen LogP contribution is -2.21. The topological polar surface area (TPSA) is 51.1 Å². The van der Waals surface area contributed by atoms with Crippen LogP contribution in [0.2, 0.25) is 0 Å². The number of anilines is 1. The van der Waals surface area contributed by atoms with Crippen LogP contribution in [-0.2, 0) is 0 Å². The molecule has 1 aromatic carbocycles. The molecule has 0 radical (unpaired) electrons. The molecule has 1 saturated heterocycles. The summed E-state index contributed by atoms with van der Waals surface area (Å²) in [4.78, 5) is 15.8. The summed E-state index contributed by atoms with van der Waals surface area (Å²) in [6.45, 7) is 3.99. The highest BCUT2D eigenvalue weighted by Gasteiger charge is 2.25. The first-order valence-corrected chi connectivity index (χ1v) is 8.88. The van der Waals surface area contributed by atoms with Crippen LogP contribution in [0.3, 0.4) is 0 Å². The van der Waals surface area contributed by atoms with E-state index in [2.05, 4.69) is 33.1 Å². The Bertz CT molecular complexity index is 880. The first-order chi connectivity index (χ1) is 12.7. The number of hydrogen-bond donors (Lipinski definition) is 0. The van der Waals surface area contributed by atoms with Gasteiger partial charge < -0.3 is 9.64 Å². The number of aryl methyl sites for hydroxylation is 1. The Hall–Kier alpha value is -2.95. The second-order valence-electron chi connectivity index (χ2n) is 6.63. The van der Waals surface area contributed by atoms with Crippen LogP contribution in [0.5, 0.6) is 5.75 Å². The molecule has 0 N–H and O–H groups in total. The first-order valence-electron chi connectivity index (χ1n) is 8.88. The highest BCUT2D eigenvalue weighted by molar-refractivity contribution is 5.57. The molecule has 0 saturated carbocycles. The molecular weight excluding hydrogens is 324 g/mol. The molecule has 1 fully saturated rings. The molecule has 0 bridgehead atoms. The third-order valence-electron chi connectivity index (χ3n) is 4.88. The fraction of sp³-hybridized carbons (Fsp3) is 0.286. The van der Waals surface area contributed by atoms with E-state index in [4.69, 9.17) is 9.72 Å². The van der Waals surface area contributed by atoms with E-state index in [0.29, 0.717) is 5.92 Å². The van der Waals surface area contributed by atoms with Crippen molar-refractivity contribution in [3.63, 3.8) is 0 Å². The summed E-state index contributed by atoms with van der Waals surface area (Å²) in [5, 5.41) is 0. The summed E-state index contributed by atoms with van der Waals surface area (Å²) in [7, 11) is 1.70. The number of benzene rings is 1. The monoisotopic (exact) mass is 346 g/mol. The molecule has 3 heterocycles. The van der Waals surface area contributed by atoms with Crippen molar-refractivity contribution < 1.29 is 4.74 Å². The number of rotatable bonds is 4. The van der Waals surface area contributed by atoms with Crippen molar-refractivity contribution in [2.75, 3.05) is 25.1 Å². The van der Waals surface area contributed by atoms with Gasteiger partial charge in [0, 0.05) is 48.7 Å². The van der Waals surface area contributed by atoms with Gasteiger partial charge in [0.05, 0.1) is 7.11 Å². The van der Waals surface area contributed by atoms with Crippen LogP contribution >= 0.6 is 0 Å². The minimum absolute atomic E-state index is 0.514. The van der Waals surface area contributed by atoms with Crippen LogP contribution in [0.25, 0.3) is 11.4 Å². The van der Waals surface area contributed by atoms with Crippen LogP contribution < -0.4 is 9.64 Å². The molecule has 0 spiro atoms. The Kier molecular flexibility index (Phi) is 4.52. The van der Waals surface area contributed by atoms with Crippen molar-refractivity contribution in [2.45, 2.75) is 19.3 Å². The van der Waals surface area contributed by atoms with Crippen molar-refractivity contribution in [3.05, 3.63) is 66.1 Å². The second-order valence-corrected chi connectivity index (χ2v) is 6.63. The summed E-state index contributed by atoms with van der Waals surface area (Å²) in [6.07, 6.45) is 4.67. The van der Waals surface area contributed by atoms with Gasteiger partial charge in [0.25, 0.3) is 0 Å². The Labute approximate surface area is 153 Å². The predicted octanol–water partition coefficient (Wildman–Crippen LogP) is 3.85. The van der Waals surface area contributed by atoms with Crippen LogP contribution in [0.1, 0.15) is 23.6 Å². The molecule has 5 heteroatoms. The summed E-state index contributed by atoms with van der Waals surface area (Å²) in [5.74, 6) is 3.17. The summed E-state index contributed by atoms with van der Waals surface area (Å²) in [6, 6.07) is 14.4. The van der Waals surface area contributed by atoms with Crippen molar-refractivity contribution in [2.24, 2.45) is 0 Å². The SMILES string of the molecule is COc1ccc(C2CCN(c3cc(C)nc(-c4ccncc4)n3)C2)cc1. The van der Waals surface area contributed by atoms with E-state index in [9.17, 15) is 0 Å². The number of methoxy groups -OCH3 is 1. The molecular formula is C21H22N4O. The van der Waals surface area contributed by atoms with Crippen molar-refractivity contribution in [1.29, 1.82) is 0 Å². The van der Waals surface area contributed by atoms with Gasteiger partial charge in [-0.05, 0) is 43.2 Å². The molecule has 132 valence electrons. The van der Waals surface area contributed by atoms with Crippen molar-refractivity contribution in [3.8, 4) is 17.1 Å². The minimum Gasteiger partial charge on any atom is -0.497 e.